The second-order valence-electron chi connectivity index (χ2n) is 4.83. The molecule has 0 aliphatic carbocycles. The molecule has 0 radical (unpaired) electrons. The number of nitrogen functional groups attached to an aromatic ring is 1. The summed E-state index contributed by atoms with van der Waals surface area (Å²) in [7, 11) is -2.22. The maximum atomic E-state index is 12.5. The van der Waals surface area contributed by atoms with Gasteiger partial charge in [0.25, 0.3) is 10.0 Å². The molecule has 2 aromatic rings. The lowest BCUT2D eigenvalue weighted by molar-refractivity contribution is 0.417. The molecule has 2 rings (SSSR count). The molecule has 0 amide bonds. The lowest BCUT2D eigenvalue weighted by Crippen LogP contribution is -2.15. The standard InChI is InChI=1S/C15H18N2O3S/c1-10-4-7-15(11(2)8-10)21(18,19)17-13-9-12(16)5-6-14(13)20-3/h4-9,17H,16H2,1-3H3. The smallest absolute Gasteiger partial charge is 0.262 e. The molecule has 0 atom stereocenters. The van der Waals surface area contributed by atoms with Gasteiger partial charge >= 0.3 is 0 Å². The van der Waals surface area contributed by atoms with Gasteiger partial charge in [-0.15, -0.1) is 0 Å². The second-order valence-corrected chi connectivity index (χ2v) is 6.48. The van der Waals surface area contributed by atoms with Gasteiger partial charge in [-0.3, -0.25) is 4.72 Å². The second kappa shape index (κ2) is 5.65. The number of aryl methyl sites for hydroxylation is 2. The first-order valence-corrected chi connectivity index (χ1v) is 7.85. The highest BCUT2D eigenvalue weighted by Crippen LogP contribution is 2.29. The summed E-state index contributed by atoms with van der Waals surface area (Å²) in [5.41, 5.74) is 8.16. The van der Waals surface area contributed by atoms with Crippen molar-refractivity contribution in [2.75, 3.05) is 17.6 Å². The first-order chi connectivity index (χ1) is 9.83. The molecule has 0 aliphatic heterocycles. The highest BCUT2D eigenvalue weighted by Gasteiger charge is 2.18. The number of hydrogen-bond donors (Lipinski definition) is 2. The largest absolute Gasteiger partial charge is 0.495 e. The average Bonchev–Trinajstić information content (AvgIpc) is 2.37. The van der Waals surface area contributed by atoms with Gasteiger partial charge in [-0.2, -0.15) is 0 Å². The molecule has 0 saturated heterocycles. The molecule has 0 aromatic heterocycles. The Hall–Kier alpha value is -2.21. The van der Waals surface area contributed by atoms with E-state index < -0.39 is 10.0 Å². The molecule has 0 saturated carbocycles. The van der Waals surface area contributed by atoms with Crippen molar-refractivity contribution in [2.24, 2.45) is 0 Å². The summed E-state index contributed by atoms with van der Waals surface area (Å²) in [6, 6.07) is 9.97. The van der Waals surface area contributed by atoms with Crippen LogP contribution < -0.4 is 15.2 Å². The summed E-state index contributed by atoms with van der Waals surface area (Å²) in [4.78, 5) is 0.234. The van der Waals surface area contributed by atoms with Crippen molar-refractivity contribution in [1.29, 1.82) is 0 Å². The van der Waals surface area contributed by atoms with E-state index in [-0.39, 0.29) is 4.90 Å². The number of sulfonamides is 1. The molecule has 21 heavy (non-hydrogen) atoms. The number of methoxy groups -OCH3 is 1. The zero-order chi connectivity index (χ0) is 15.6. The minimum atomic E-state index is -3.70. The van der Waals surface area contributed by atoms with Crippen LogP contribution in [0.2, 0.25) is 0 Å². The van der Waals surface area contributed by atoms with Crippen LogP contribution in [0.15, 0.2) is 41.3 Å². The van der Waals surface area contributed by atoms with E-state index in [4.69, 9.17) is 10.5 Å². The lowest BCUT2D eigenvalue weighted by Gasteiger charge is -2.14. The summed E-state index contributed by atoms with van der Waals surface area (Å²) < 4.78 is 32.7. The number of ether oxygens (including phenoxy) is 1. The van der Waals surface area contributed by atoms with E-state index in [0.717, 1.165) is 5.56 Å². The molecule has 5 nitrogen and oxygen atoms in total. The molecule has 0 fully saturated rings. The van der Waals surface area contributed by atoms with Crippen molar-refractivity contribution in [2.45, 2.75) is 18.7 Å². The van der Waals surface area contributed by atoms with Gasteiger partial charge in [-0.25, -0.2) is 8.42 Å². The highest BCUT2D eigenvalue weighted by molar-refractivity contribution is 7.92. The van der Waals surface area contributed by atoms with Crippen LogP contribution in [0.1, 0.15) is 11.1 Å². The summed E-state index contributed by atoms with van der Waals surface area (Å²) >= 11 is 0. The van der Waals surface area contributed by atoms with Crippen molar-refractivity contribution in [3.05, 3.63) is 47.5 Å². The van der Waals surface area contributed by atoms with Crippen LogP contribution in [0.4, 0.5) is 11.4 Å². The van der Waals surface area contributed by atoms with Crippen molar-refractivity contribution < 1.29 is 13.2 Å². The maximum absolute atomic E-state index is 12.5. The number of nitrogens with one attached hydrogen (secondary N) is 1. The third-order valence-electron chi connectivity index (χ3n) is 3.09. The fourth-order valence-corrected chi connectivity index (χ4v) is 3.39. The summed E-state index contributed by atoms with van der Waals surface area (Å²) in [6.07, 6.45) is 0. The Morgan fingerprint density at radius 1 is 1.10 bits per heavy atom. The Kier molecular flexibility index (Phi) is 4.09. The lowest BCUT2D eigenvalue weighted by atomic mass is 10.2. The van der Waals surface area contributed by atoms with Crippen LogP contribution in [0.5, 0.6) is 5.75 Å². The summed E-state index contributed by atoms with van der Waals surface area (Å²) in [6.45, 7) is 3.68. The fourth-order valence-electron chi connectivity index (χ4n) is 2.11. The van der Waals surface area contributed by atoms with Crippen molar-refractivity contribution in [3.8, 4) is 5.75 Å². The van der Waals surface area contributed by atoms with Crippen molar-refractivity contribution in [1.82, 2.24) is 0 Å². The van der Waals surface area contributed by atoms with E-state index in [9.17, 15) is 8.42 Å². The van der Waals surface area contributed by atoms with Gasteiger partial charge in [-0.1, -0.05) is 17.7 Å². The van der Waals surface area contributed by atoms with Gasteiger partial charge in [0, 0.05) is 5.69 Å². The number of hydrogen-bond acceptors (Lipinski definition) is 4. The third kappa shape index (κ3) is 3.28. The molecular formula is C15H18N2O3S. The molecule has 112 valence electrons. The molecule has 0 spiro atoms. The van der Waals surface area contributed by atoms with Gasteiger partial charge in [0.05, 0.1) is 17.7 Å². The number of benzene rings is 2. The van der Waals surface area contributed by atoms with Crippen LogP contribution in [0.25, 0.3) is 0 Å². The number of rotatable bonds is 4. The Balaban J connectivity index is 2.44. The topological polar surface area (TPSA) is 81.4 Å². The molecule has 3 N–H and O–H groups in total. The molecule has 0 heterocycles. The van der Waals surface area contributed by atoms with Gasteiger partial charge in [0.15, 0.2) is 0 Å². The predicted octanol–water partition coefficient (Wildman–Crippen LogP) is 2.70. The zero-order valence-corrected chi connectivity index (χ0v) is 13.0. The Morgan fingerprint density at radius 3 is 2.43 bits per heavy atom. The molecule has 0 aliphatic rings. The average molecular weight is 306 g/mol. The van der Waals surface area contributed by atoms with Crippen LogP contribution in [-0.2, 0) is 10.0 Å². The minimum absolute atomic E-state index is 0.234. The SMILES string of the molecule is COc1ccc(N)cc1NS(=O)(=O)c1ccc(C)cc1C. The van der Waals surface area contributed by atoms with E-state index in [0.29, 0.717) is 22.7 Å². The summed E-state index contributed by atoms with van der Waals surface area (Å²) in [5.74, 6) is 0.414. The Morgan fingerprint density at radius 2 is 1.81 bits per heavy atom. The first kappa shape index (κ1) is 15.2. The van der Waals surface area contributed by atoms with Crippen LogP contribution in [0, 0.1) is 13.8 Å². The molecule has 0 bridgehead atoms. The zero-order valence-electron chi connectivity index (χ0n) is 12.2. The van der Waals surface area contributed by atoms with Gasteiger partial charge in [0.1, 0.15) is 5.75 Å². The van der Waals surface area contributed by atoms with Crippen LogP contribution >= 0.6 is 0 Å². The van der Waals surface area contributed by atoms with E-state index in [1.165, 1.54) is 13.2 Å². The van der Waals surface area contributed by atoms with E-state index in [1.807, 2.05) is 13.0 Å². The van der Waals surface area contributed by atoms with E-state index in [2.05, 4.69) is 4.72 Å². The van der Waals surface area contributed by atoms with Crippen molar-refractivity contribution >= 4 is 21.4 Å². The predicted molar refractivity (Wildman–Crippen MR) is 84.1 cm³/mol. The van der Waals surface area contributed by atoms with Crippen LogP contribution in [0.3, 0.4) is 0 Å². The first-order valence-electron chi connectivity index (χ1n) is 6.37. The molecule has 0 unspecified atom stereocenters. The minimum Gasteiger partial charge on any atom is -0.495 e. The highest BCUT2D eigenvalue weighted by atomic mass is 32.2. The monoisotopic (exact) mass is 306 g/mol. The summed E-state index contributed by atoms with van der Waals surface area (Å²) in [5, 5.41) is 0. The maximum Gasteiger partial charge on any atom is 0.262 e. The normalized spacial score (nSPS) is 11.2. The number of nitrogens with two attached hydrogens (primary N) is 1. The van der Waals surface area contributed by atoms with Gasteiger partial charge < -0.3 is 10.5 Å². The van der Waals surface area contributed by atoms with Gasteiger partial charge in [0.2, 0.25) is 0 Å². The fraction of sp³-hybridized carbons (Fsp3) is 0.200. The molecule has 2 aromatic carbocycles. The number of anilines is 2. The van der Waals surface area contributed by atoms with Crippen molar-refractivity contribution in [3.63, 3.8) is 0 Å². The van der Waals surface area contributed by atoms with Gasteiger partial charge in [-0.05, 0) is 43.7 Å². The van der Waals surface area contributed by atoms with E-state index >= 15 is 0 Å². The Bertz CT molecular complexity index is 770. The molecule has 6 heteroatoms. The Labute approximate surface area is 124 Å². The molecular weight excluding hydrogens is 288 g/mol. The van der Waals surface area contributed by atoms with E-state index in [1.54, 1.807) is 31.2 Å². The quantitative estimate of drug-likeness (QED) is 0.851. The van der Waals surface area contributed by atoms with Crippen LogP contribution in [-0.4, -0.2) is 15.5 Å². The third-order valence-corrected chi connectivity index (χ3v) is 4.61.